The second-order valence-electron chi connectivity index (χ2n) is 3.99. The van der Waals surface area contributed by atoms with Crippen molar-refractivity contribution in [1.82, 2.24) is 0 Å². The van der Waals surface area contributed by atoms with Crippen molar-refractivity contribution in [1.29, 1.82) is 0 Å². The molecule has 5 nitrogen and oxygen atoms in total. The number of anilines is 1. The van der Waals surface area contributed by atoms with Gasteiger partial charge in [-0.1, -0.05) is 18.3 Å². The molecule has 0 radical (unpaired) electrons. The maximum absolute atomic E-state index is 11.7. The fourth-order valence-electron chi connectivity index (χ4n) is 1.62. The van der Waals surface area contributed by atoms with Gasteiger partial charge in [0, 0.05) is 0 Å². The number of rotatable bonds is 4. The summed E-state index contributed by atoms with van der Waals surface area (Å²) in [6, 6.07) is 3.30. The minimum Gasteiger partial charge on any atom is -0.414 e. The summed E-state index contributed by atoms with van der Waals surface area (Å²) in [6.07, 6.45) is 0.551. The summed E-state index contributed by atoms with van der Waals surface area (Å²) in [5.41, 5.74) is 1.71. The van der Waals surface area contributed by atoms with Crippen LogP contribution in [0.25, 0.3) is 10.3 Å². The Morgan fingerprint density at radius 1 is 1.39 bits per heavy atom. The minimum absolute atomic E-state index is 0.0755. The topological polar surface area (TPSA) is 76.4 Å². The van der Waals surface area contributed by atoms with Crippen LogP contribution in [0, 0.1) is 6.92 Å². The average Bonchev–Trinajstić information content (AvgIpc) is 2.57. The molecule has 18 heavy (non-hydrogen) atoms. The van der Waals surface area contributed by atoms with Crippen LogP contribution >= 0.6 is 11.3 Å². The monoisotopic (exact) mass is 287 g/mol. The highest BCUT2D eigenvalue weighted by atomic mass is 32.2. The van der Waals surface area contributed by atoms with E-state index in [1.807, 2.05) is 0 Å². The summed E-state index contributed by atoms with van der Waals surface area (Å²) < 4.78 is 31.5. The predicted octanol–water partition coefficient (Wildman–Crippen LogP) is 2.31. The van der Waals surface area contributed by atoms with Gasteiger partial charge < -0.3 is 4.42 Å². The molecule has 1 aromatic heterocycles. The second-order valence-corrected chi connectivity index (χ2v) is 6.81. The van der Waals surface area contributed by atoms with Gasteiger partial charge in [0.2, 0.25) is 10.0 Å². The average molecular weight is 287 g/mol. The Morgan fingerprint density at radius 3 is 2.78 bits per heavy atom. The molecule has 1 heterocycles. The van der Waals surface area contributed by atoms with E-state index in [1.165, 1.54) is 0 Å². The fourth-order valence-corrected chi connectivity index (χ4v) is 3.50. The van der Waals surface area contributed by atoms with E-state index in [9.17, 15) is 13.2 Å². The van der Waals surface area contributed by atoms with Crippen LogP contribution in [0.1, 0.15) is 18.9 Å². The lowest BCUT2D eigenvalue weighted by atomic mass is 10.2. The number of nitrogens with one attached hydrogen (secondary N) is 1. The summed E-state index contributed by atoms with van der Waals surface area (Å²) in [5.74, 6) is 0.0755. The third-order valence-corrected chi connectivity index (χ3v) is 4.68. The molecule has 0 atom stereocenters. The predicted molar refractivity (Wildman–Crippen MR) is 72.8 cm³/mol. The lowest BCUT2D eigenvalue weighted by Crippen LogP contribution is -2.16. The maximum Gasteiger partial charge on any atom is 0.396 e. The number of hydrogen-bond donors (Lipinski definition) is 1. The molecule has 0 spiro atoms. The zero-order valence-electron chi connectivity index (χ0n) is 10.0. The highest BCUT2D eigenvalue weighted by Crippen LogP contribution is 2.26. The molecule has 0 aliphatic rings. The summed E-state index contributed by atoms with van der Waals surface area (Å²) in [4.78, 5) is 10.7. The Morgan fingerprint density at radius 2 is 2.11 bits per heavy atom. The van der Waals surface area contributed by atoms with Gasteiger partial charge in [0.15, 0.2) is 0 Å². The molecule has 0 aliphatic carbocycles. The largest absolute Gasteiger partial charge is 0.414 e. The van der Waals surface area contributed by atoms with Crippen LogP contribution in [-0.4, -0.2) is 14.2 Å². The van der Waals surface area contributed by atoms with Crippen LogP contribution in [0.5, 0.6) is 0 Å². The minimum atomic E-state index is -3.32. The van der Waals surface area contributed by atoms with Gasteiger partial charge in [-0.2, -0.15) is 0 Å². The van der Waals surface area contributed by atoms with Crippen LogP contribution in [0.4, 0.5) is 5.69 Å². The first-order chi connectivity index (χ1) is 8.41. The van der Waals surface area contributed by atoms with E-state index in [1.54, 1.807) is 26.0 Å². The Hall–Kier alpha value is -1.34. The standard InChI is InChI=1S/C11H13NO4S2/c1-3-4-18(14,15)12-8-6-10-9(5-7(8)2)16-11(13)17-10/h5-6,12H,3-4H2,1-2H3. The molecular weight excluding hydrogens is 274 g/mol. The van der Waals surface area contributed by atoms with E-state index < -0.39 is 15.0 Å². The maximum atomic E-state index is 11.7. The summed E-state index contributed by atoms with van der Waals surface area (Å²) in [6.45, 7) is 3.57. The van der Waals surface area contributed by atoms with E-state index >= 15 is 0 Å². The molecule has 0 fully saturated rings. The Balaban J connectivity index is 2.45. The third kappa shape index (κ3) is 2.73. The molecule has 2 rings (SSSR count). The fraction of sp³-hybridized carbons (Fsp3) is 0.364. The van der Waals surface area contributed by atoms with Gasteiger partial charge in [0.1, 0.15) is 5.58 Å². The highest BCUT2D eigenvalue weighted by molar-refractivity contribution is 7.92. The van der Waals surface area contributed by atoms with Gasteiger partial charge in [-0.25, -0.2) is 13.2 Å². The SMILES string of the molecule is CCCS(=O)(=O)Nc1cc2sc(=O)oc2cc1C. The Kier molecular flexibility index (Phi) is 3.45. The van der Waals surface area contributed by atoms with Crippen molar-refractivity contribution in [2.75, 3.05) is 10.5 Å². The van der Waals surface area contributed by atoms with Crippen LogP contribution < -0.4 is 9.66 Å². The number of fused-ring (bicyclic) bond motifs is 1. The summed E-state index contributed by atoms with van der Waals surface area (Å²) >= 11 is 0.957. The van der Waals surface area contributed by atoms with Crippen LogP contribution in [0.2, 0.25) is 0 Å². The first-order valence-electron chi connectivity index (χ1n) is 5.46. The quantitative estimate of drug-likeness (QED) is 0.936. The van der Waals surface area contributed by atoms with Crippen LogP contribution in [-0.2, 0) is 10.0 Å². The zero-order chi connectivity index (χ0) is 13.3. The molecular formula is C11H13NO4S2. The zero-order valence-corrected chi connectivity index (χ0v) is 11.7. The summed E-state index contributed by atoms with van der Waals surface area (Å²) in [7, 11) is -3.32. The van der Waals surface area contributed by atoms with E-state index in [0.29, 0.717) is 22.4 Å². The van der Waals surface area contributed by atoms with Gasteiger partial charge in [0.25, 0.3) is 0 Å². The molecule has 98 valence electrons. The number of sulfonamides is 1. The smallest absolute Gasteiger partial charge is 0.396 e. The van der Waals surface area contributed by atoms with Gasteiger partial charge >= 0.3 is 4.94 Å². The van der Waals surface area contributed by atoms with Crippen LogP contribution in [0.3, 0.4) is 0 Å². The molecule has 0 unspecified atom stereocenters. The molecule has 0 amide bonds. The van der Waals surface area contributed by atoms with Crippen molar-refractivity contribution in [2.45, 2.75) is 20.3 Å². The molecule has 0 bridgehead atoms. The van der Waals surface area contributed by atoms with Crippen molar-refractivity contribution < 1.29 is 12.8 Å². The lowest BCUT2D eigenvalue weighted by Gasteiger charge is -2.09. The molecule has 1 aromatic carbocycles. The highest BCUT2D eigenvalue weighted by Gasteiger charge is 2.13. The van der Waals surface area contributed by atoms with Gasteiger partial charge in [0.05, 0.1) is 16.1 Å². The normalized spacial score (nSPS) is 11.9. The number of benzene rings is 1. The van der Waals surface area contributed by atoms with Gasteiger partial charge in [-0.15, -0.1) is 0 Å². The van der Waals surface area contributed by atoms with Gasteiger partial charge in [-0.3, -0.25) is 4.72 Å². The van der Waals surface area contributed by atoms with Crippen molar-refractivity contribution in [3.05, 3.63) is 27.4 Å². The van der Waals surface area contributed by atoms with E-state index in [-0.39, 0.29) is 5.75 Å². The molecule has 1 N–H and O–H groups in total. The van der Waals surface area contributed by atoms with Gasteiger partial charge in [-0.05, 0) is 31.0 Å². The molecule has 0 saturated carbocycles. The van der Waals surface area contributed by atoms with Crippen molar-refractivity contribution in [2.24, 2.45) is 0 Å². The first kappa shape index (κ1) is 13.1. The second kappa shape index (κ2) is 4.74. The van der Waals surface area contributed by atoms with Crippen LogP contribution in [0.15, 0.2) is 21.3 Å². The third-order valence-electron chi connectivity index (χ3n) is 2.42. The van der Waals surface area contributed by atoms with Crippen molar-refractivity contribution >= 4 is 37.3 Å². The first-order valence-corrected chi connectivity index (χ1v) is 7.93. The van der Waals surface area contributed by atoms with Crippen molar-refractivity contribution in [3.8, 4) is 0 Å². The molecule has 0 aliphatic heterocycles. The molecule has 2 aromatic rings. The van der Waals surface area contributed by atoms with Crippen molar-refractivity contribution in [3.63, 3.8) is 0 Å². The lowest BCUT2D eigenvalue weighted by molar-refractivity contribution is 0.585. The number of aryl methyl sites for hydroxylation is 1. The Bertz CT molecular complexity index is 727. The van der Waals surface area contributed by atoms with E-state index in [2.05, 4.69) is 4.72 Å². The molecule has 0 saturated heterocycles. The van der Waals surface area contributed by atoms with E-state index in [4.69, 9.17) is 4.42 Å². The summed E-state index contributed by atoms with van der Waals surface area (Å²) in [5, 5.41) is 0. The molecule has 7 heteroatoms. The number of hydrogen-bond acceptors (Lipinski definition) is 5. The van der Waals surface area contributed by atoms with E-state index in [0.717, 1.165) is 16.9 Å². The Labute approximate surface area is 108 Å².